The number of hydrogen-bond donors (Lipinski definition) is 7. The van der Waals surface area contributed by atoms with Gasteiger partial charge in [-0.05, 0) is 18.8 Å². The third-order valence-corrected chi connectivity index (χ3v) is 3.97. The summed E-state index contributed by atoms with van der Waals surface area (Å²) in [5.74, 6) is -3.92. The van der Waals surface area contributed by atoms with Gasteiger partial charge in [-0.2, -0.15) is 12.6 Å². The molecule has 3 unspecified atom stereocenters. The molecule has 0 aromatic carbocycles. The molecule has 4 amide bonds. The number of carboxylic acids is 1. The van der Waals surface area contributed by atoms with Crippen LogP contribution in [0.1, 0.15) is 33.1 Å². The monoisotopic (exact) mass is 419 g/mol. The van der Waals surface area contributed by atoms with Gasteiger partial charge in [0.1, 0.15) is 18.6 Å². The van der Waals surface area contributed by atoms with Crippen molar-refractivity contribution < 1.29 is 29.1 Å². The van der Waals surface area contributed by atoms with Gasteiger partial charge in [-0.25, -0.2) is 0 Å². The van der Waals surface area contributed by atoms with Gasteiger partial charge in [0.05, 0.1) is 6.04 Å². The molecule has 0 spiro atoms. The van der Waals surface area contributed by atoms with Crippen LogP contribution in [0.15, 0.2) is 0 Å². The average Bonchev–Trinajstić information content (AvgIpc) is 2.59. The first kappa shape index (κ1) is 25.7. The van der Waals surface area contributed by atoms with Crippen LogP contribution in [0, 0.1) is 5.92 Å². The molecule has 0 saturated heterocycles. The van der Waals surface area contributed by atoms with Crippen LogP contribution in [0.4, 0.5) is 0 Å². The van der Waals surface area contributed by atoms with E-state index in [0.29, 0.717) is 6.42 Å². The molecule has 0 aliphatic heterocycles. The van der Waals surface area contributed by atoms with E-state index in [1.807, 2.05) is 13.8 Å². The van der Waals surface area contributed by atoms with Gasteiger partial charge in [0.2, 0.25) is 23.6 Å². The molecule has 12 heteroatoms. The van der Waals surface area contributed by atoms with Gasteiger partial charge in [-0.15, -0.1) is 0 Å². The Kier molecular flexibility index (Phi) is 11.9. The van der Waals surface area contributed by atoms with Crippen molar-refractivity contribution in [2.45, 2.75) is 51.2 Å². The summed E-state index contributed by atoms with van der Waals surface area (Å²) in [6.45, 7) is 3.15. The quantitative estimate of drug-likeness (QED) is 0.163. The number of carbonyl (C=O) groups excluding carboxylic acids is 4. The maximum atomic E-state index is 12.5. The highest BCUT2D eigenvalue weighted by molar-refractivity contribution is 7.80. The molecule has 0 bridgehead atoms. The van der Waals surface area contributed by atoms with Crippen molar-refractivity contribution >= 4 is 42.2 Å². The number of rotatable bonds is 13. The Balaban J connectivity index is 5.07. The molecule has 28 heavy (non-hydrogen) atoms. The SMILES string of the molecule is CC(C)CC(N)C(=O)NC(CCC(N)=O)C(=O)NC(CS)C(=O)NCC(=O)O. The first-order chi connectivity index (χ1) is 13.0. The van der Waals surface area contributed by atoms with Gasteiger partial charge in [-0.3, -0.25) is 24.0 Å². The first-order valence-corrected chi connectivity index (χ1v) is 9.36. The molecule has 160 valence electrons. The topological polar surface area (TPSA) is 194 Å². The number of carbonyl (C=O) groups is 5. The van der Waals surface area contributed by atoms with Crippen LogP contribution in [0.25, 0.3) is 0 Å². The standard InChI is InChI=1S/C16H29N5O6S/c1-8(2)5-9(17)14(25)20-10(3-4-12(18)22)16(27)21-11(7-28)15(26)19-6-13(23)24/h8-11,28H,3-7,17H2,1-2H3,(H2,18,22)(H,19,26)(H,20,25)(H,21,27)(H,23,24). The minimum atomic E-state index is -1.25. The maximum Gasteiger partial charge on any atom is 0.322 e. The predicted molar refractivity (Wildman–Crippen MR) is 104 cm³/mol. The van der Waals surface area contributed by atoms with E-state index in [1.165, 1.54) is 0 Å². The molecule has 0 aromatic rings. The van der Waals surface area contributed by atoms with Crippen molar-refractivity contribution in [3.8, 4) is 0 Å². The Labute approximate surface area is 168 Å². The van der Waals surface area contributed by atoms with Crippen molar-refractivity contribution in [3.63, 3.8) is 0 Å². The van der Waals surface area contributed by atoms with Crippen LogP contribution in [0.3, 0.4) is 0 Å². The van der Waals surface area contributed by atoms with Crippen LogP contribution in [-0.2, 0) is 24.0 Å². The molecule has 3 atom stereocenters. The summed E-state index contributed by atoms with van der Waals surface area (Å²) < 4.78 is 0. The molecule has 11 nitrogen and oxygen atoms in total. The molecule has 0 aliphatic carbocycles. The molecule has 0 aliphatic rings. The van der Waals surface area contributed by atoms with E-state index in [2.05, 4.69) is 28.6 Å². The number of nitrogens with one attached hydrogen (secondary N) is 3. The van der Waals surface area contributed by atoms with E-state index in [-0.39, 0.29) is 24.5 Å². The molecule has 0 fully saturated rings. The van der Waals surface area contributed by atoms with E-state index in [9.17, 15) is 24.0 Å². The lowest BCUT2D eigenvalue weighted by atomic mass is 10.0. The predicted octanol–water partition coefficient (Wildman–Crippen LogP) is -2.27. The smallest absolute Gasteiger partial charge is 0.322 e. The highest BCUT2D eigenvalue weighted by Gasteiger charge is 2.28. The Morgan fingerprint density at radius 3 is 2.04 bits per heavy atom. The van der Waals surface area contributed by atoms with Crippen LogP contribution in [0.2, 0.25) is 0 Å². The van der Waals surface area contributed by atoms with Crippen LogP contribution in [-0.4, -0.2) is 65.1 Å². The summed E-state index contributed by atoms with van der Waals surface area (Å²) in [4.78, 5) is 58.2. The van der Waals surface area contributed by atoms with E-state index in [0.717, 1.165) is 0 Å². The molecular formula is C16H29N5O6S. The summed E-state index contributed by atoms with van der Waals surface area (Å²) in [7, 11) is 0. The van der Waals surface area contributed by atoms with Crippen LogP contribution >= 0.6 is 12.6 Å². The lowest BCUT2D eigenvalue weighted by Crippen LogP contribution is -2.56. The Morgan fingerprint density at radius 1 is 1.00 bits per heavy atom. The highest BCUT2D eigenvalue weighted by atomic mass is 32.1. The van der Waals surface area contributed by atoms with Crippen molar-refractivity contribution in [2.24, 2.45) is 17.4 Å². The largest absolute Gasteiger partial charge is 0.480 e. The zero-order valence-electron chi connectivity index (χ0n) is 15.9. The molecule has 0 radical (unpaired) electrons. The third kappa shape index (κ3) is 10.7. The minimum absolute atomic E-state index is 0.0860. The van der Waals surface area contributed by atoms with Crippen molar-refractivity contribution in [2.75, 3.05) is 12.3 Å². The fourth-order valence-corrected chi connectivity index (χ4v) is 2.46. The zero-order chi connectivity index (χ0) is 21.9. The van der Waals surface area contributed by atoms with E-state index < -0.39 is 54.3 Å². The fourth-order valence-electron chi connectivity index (χ4n) is 2.20. The van der Waals surface area contributed by atoms with Crippen LogP contribution < -0.4 is 27.4 Å². The summed E-state index contributed by atoms with van der Waals surface area (Å²) in [5.41, 5.74) is 10.9. The van der Waals surface area contributed by atoms with E-state index in [4.69, 9.17) is 16.6 Å². The number of thiol groups is 1. The van der Waals surface area contributed by atoms with Crippen molar-refractivity contribution in [1.82, 2.24) is 16.0 Å². The average molecular weight is 420 g/mol. The Hall–Kier alpha value is -2.34. The zero-order valence-corrected chi connectivity index (χ0v) is 16.8. The Bertz CT molecular complexity index is 586. The van der Waals surface area contributed by atoms with Gasteiger partial charge in [0, 0.05) is 12.2 Å². The molecule has 0 saturated carbocycles. The number of primary amides is 1. The van der Waals surface area contributed by atoms with Crippen molar-refractivity contribution in [1.29, 1.82) is 0 Å². The summed E-state index contributed by atoms with van der Waals surface area (Å²) >= 11 is 3.96. The second kappa shape index (κ2) is 12.9. The highest BCUT2D eigenvalue weighted by Crippen LogP contribution is 2.05. The second-order valence-electron chi connectivity index (χ2n) is 6.66. The van der Waals surface area contributed by atoms with Crippen molar-refractivity contribution in [3.05, 3.63) is 0 Å². The lowest BCUT2D eigenvalue weighted by Gasteiger charge is -2.23. The fraction of sp³-hybridized carbons (Fsp3) is 0.688. The number of amides is 4. The molecule has 0 rings (SSSR count). The van der Waals surface area contributed by atoms with E-state index in [1.54, 1.807) is 0 Å². The minimum Gasteiger partial charge on any atom is -0.480 e. The summed E-state index contributed by atoms with van der Waals surface area (Å²) in [5, 5.41) is 15.6. The second-order valence-corrected chi connectivity index (χ2v) is 7.02. The number of carboxylic acid groups (broad SMARTS) is 1. The number of aliphatic carboxylic acids is 1. The maximum absolute atomic E-state index is 12.5. The van der Waals surface area contributed by atoms with Gasteiger partial charge in [-0.1, -0.05) is 13.8 Å². The van der Waals surface area contributed by atoms with Gasteiger partial charge in [0.15, 0.2) is 0 Å². The molecule has 8 N–H and O–H groups in total. The third-order valence-electron chi connectivity index (χ3n) is 3.60. The van der Waals surface area contributed by atoms with Gasteiger partial charge in [0.25, 0.3) is 0 Å². The molecule has 0 aromatic heterocycles. The number of hydrogen-bond acceptors (Lipinski definition) is 7. The first-order valence-electron chi connectivity index (χ1n) is 8.72. The van der Waals surface area contributed by atoms with Gasteiger partial charge < -0.3 is 32.5 Å². The lowest BCUT2D eigenvalue weighted by molar-refractivity contribution is -0.138. The molecule has 0 heterocycles. The van der Waals surface area contributed by atoms with E-state index >= 15 is 0 Å². The summed E-state index contributed by atoms with van der Waals surface area (Å²) in [6.07, 6.45) is 0.138. The van der Waals surface area contributed by atoms with Gasteiger partial charge >= 0.3 is 5.97 Å². The summed E-state index contributed by atoms with van der Waals surface area (Å²) in [6, 6.07) is -3.12. The molecular weight excluding hydrogens is 390 g/mol. The number of nitrogens with two attached hydrogens (primary N) is 2. The van der Waals surface area contributed by atoms with Crippen LogP contribution in [0.5, 0.6) is 0 Å². The normalized spacial score (nSPS) is 13.9. The Morgan fingerprint density at radius 2 is 1.57 bits per heavy atom.